The molecule has 1 rings (SSSR count). The highest BCUT2D eigenvalue weighted by Crippen LogP contribution is 2.24. The van der Waals surface area contributed by atoms with E-state index in [0.29, 0.717) is 0 Å². The lowest BCUT2D eigenvalue weighted by atomic mass is 9.80. The maximum Gasteiger partial charge on any atom is 0.308 e. The molecule has 0 heterocycles. The fourth-order valence-electron chi connectivity index (χ4n) is 0.832. The van der Waals surface area contributed by atoms with Crippen LogP contribution in [0.3, 0.4) is 0 Å². The molecule has 0 aliphatic heterocycles. The van der Waals surface area contributed by atoms with Crippen LogP contribution in [0.4, 0.5) is 0 Å². The fraction of sp³-hybridized carbons (Fsp3) is 0.800. The number of aliphatic carboxylic acids is 1. The molecule has 3 N–H and O–H groups in total. The Morgan fingerprint density at radius 2 is 2.25 bits per heavy atom. The minimum atomic E-state index is -0.747. The number of rotatable bonds is 1. The van der Waals surface area contributed by atoms with E-state index in [9.17, 15) is 4.79 Å². The van der Waals surface area contributed by atoms with Gasteiger partial charge in [0.15, 0.2) is 0 Å². The fourth-order valence-corrected chi connectivity index (χ4v) is 0.832. The number of carboxylic acids is 1. The number of hydrogen-bond acceptors (Lipinski definition) is 2. The van der Waals surface area contributed by atoms with E-state index in [4.69, 9.17) is 10.8 Å². The molecule has 1 unspecified atom stereocenters. The molecule has 0 amide bonds. The van der Waals surface area contributed by atoms with Crippen LogP contribution in [-0.4, -0.2) is 17.1 Å². The van der Waals surface area contributed by atoms with E-state index < -0.39 is 5.97 Å². The Morgan fingerprint density at radius 1 is 1.62 bits per heavy atom. The van der Waals surface area contributed by atoms with Gasteiger partial charge in [-0.25, -0.2) is 0 Å². The van der Waals surface area contributed by atoms with Crippen LogP contribution < -0.4 is 5.73 Å². The number of carboxylic acid groups (broad SMARTS) is 1. The normalized spacial score (nSPS) is 36.1. The van der Waals surface area contributed by atoms with Gasteiger partial charge in [0.2, 0.25) is 0 Å². The van der Waals surface area contributed by atoms with Crippen LogP contribution >= 0.6 is 0 Å². The van der Waals surface area contributed by atoms with Gasteiger partial charge in [-0.15, -0.1) is 0 Å². The molecule has 1 saturated carbocycles. The molecule has 0 aromatic carbocycles. The van der Waals surface area contributed by atoms with Crippen molar-refractivity contribution in [3.05, 3.63) is 0 Å². The van der Waals surface area contributed by atoms with E-state index in [-0.39, 0.29) is 12.0 Å². The van der Waals surface area contributed by atoms with Gasteiger partial charge in [0.25, 0.3) is 0 Å². The van der Waals surface area contributed by atoms with Gasteiger partial charge in [0, 0.05) is 6.04 Å². The van der Waals surface area contributed by atoms with Crippen molar-refractivity contribution in [3.8, 4) is 0 Å². The molecule has 0 saturated heterocycles. The Hall–Kier alpha value is -0.570. The van der Waals surface area contributed by atoms with E-state index in [2.05, 4.69) is 0 Å². The van der Waals surface area contributed by atoms with Crippen molar-refractivity contribution < 1.29 is 9.90 Å². The van der Waals surface area contributed by atoms with E-state index in [1.54, 1.807) is 0 Å². The van der Waals surface area contributed by atoms with Crippen LogP contribution in [0, 0.1) is 5.92 Å². The molecule has 0 spiro atoms. The monoisotopic (exact) mass is 115 g/mol. The number of carbonyl (C=O) groups is 1. The third-order valence-corrected chi connectivity index (χ3v) is 1.65. The second-order valence-electron chi connectivity index (χ2n) is 2.19. The lowest BCUT2D eigenvalue weighted by Crippen LogP contribution is -2.43. The third-order valence-electron chi connectivity index (χ3n) is 1.65. The predicted molar refractivity (Wildman–Crippen MR) is 28.3 cm³/mol. The molecule has 0 radical (unpaired) electrons. The zero-order valence-corrected chi connectivity index (χ0v) is 4.50. The molecule has 0 aromatic rings. The van der Waals surface area contributed by atoms with Gasteiger partial charge in [-0.2, -0.15) is 0 Å². The van der Waals surface area contributed by atoms with Crippen LogP contribution in [0.15, 0.2) is 0 Å². The van der Waals surface area contributed by atoms with Crippen molar-refractivity contribution in [3.63, 3.8) is 0 Å². The van der Waals surface area contributed by atoms with Crippen molar-refractivity contribution in [1.82, 2.24) is 0 Å². The van der Waals surface area contributed by atoms with Crippen molar-refractivity contribution >= 4 is 5.97 Å². The van der Waals surface area contributed by atoms with E-state index in [0.717, 1.165) is 12.8 Å². The van der Waals surface area contributed by atoms with Gasteiger partial charge in [0.05, 0.1) is 5.92 Å². The zero-order valence-electron chi connectivity index (χ0n) is 4.50. The molecule has 3 nitrogen and oxygen atoms in total. The van der Waals surface area contributed by atoms with Crippen LogP contribution in [-0.2, 0) is 4.79 Å². The third kappa shape index (κ3) is 0.690. The van der Waals surface area contributed by atoms with E-state index in [1.165, 1.54) is 0 Å². The van der Waals surface area contributed by atoms with Crippen LogP contribution in [0.5, 0.6) is 0 Å². The van der Waals surface area contributed by atoms with Crippen molar-refractivity contribution in [2.75, 3.05) is 0 Å². The molecule has 0 bridgehead atoms. The molecule has 0 aromatic heterocycles. The lowest BCUT2D eigenvalue weighted by molar-refractivity contribution is -0.145. The standard InChI is InChI=1S/C5H9NO2/c6-4-2-1-3(4)5(7)8/h3-4H,1-2,6H2,(H,7,8)/t3-,4?/m1/s1. The summed E-state index contributed by atoms with van der Waals surface area (Å²) in [5.41, 5.74) is 5.34. The summed E-state index contributed by atoms with van der Waals surface area (Å²) < 4.78 is 0. The molecule has 46 valence electrons. The van der Waals surface area contributed by atoms with E-state index in [1.807, 2.05) is 0 Å². The predicted octanol–water partition coefficient (Wildman–Crippen LogP) is -0.192. The lowest BCUT2D eigenvalue weighted by Gasteiger charge is -2.29. The summed E-state index contributed by atoms with van der Waals surface area (Å²) in [5, 5.41) is 8.32. The summed E-state index contributed by atoms with van der Waals surface area (Å²) in [7, 11) is 0. The smallest absolute Gasteiger partial charge is 0.308 e. The van der Waals surface area contributed by atoms with Gasteiger partial charge >= 0.3 is 5.97 Å². The van der Waals surface area contributed by atoms with Crippen LogP contribution in [0.25, 0.3) is 0 Å². The summed E-state index contributed by atoms with van der Waals surface area (Å²) in [6.07, 6.45) is 1.63. The van der Waals surface area contributed by atoms with Crippen LogP contribution in [0.1, 0.15) is 12.8 Å². The second-order valence-corrected chi connectivity index (χ2v) is 2.19. The summed E-state index contributed by atoms with van der Waals surface area (Å²) in [5.74, 6) is -1.00. The molecule has 1 aliphatic carbocycles. The minimum absolute atomic E-state index is 0.0764. The minimum Gasteiger partial charge on any atom is -0.481 e. The Bertz CT molecular complexity index is 113. The molecular formula is C5H9NO2. The first-order valence-electron chi connectivity index (χ1n) is 2.70. The van der Waals surface area contributed by atoms with Crippen molar-refractivity contribution in [2.45, 2.75) is 18.9 Å². The number of nitrogens with two attached hydrogens (primary N) is 1. The zero-order chi connectivity index (χ0) is 6.15. The Balaban J connectivity index is 2.37. The first-order valence-corrected chi connectivity index (χ1v) is 2.70. The summed E-state index contributed by atoms with van der Waals surface area (Å²) in [4.78, 5) is 10.1. The summed E-state index contributed by atoms with van der Waals surface area (Å²) in [6, 6.07) is -0.0764. The highest BCUT2D eigenvalue weighted by Gasteiger charge is 2.33. The SMILES string of the molecule is NC1CC[C@H]1C(=O)O. The summed E-state index contributed by atoms with van der Waals surface area (Å²) >= 11 is 0. The van der Waals surface area contributed by atoms with Gasteiger partial charge in [0.1, 0.15) is 0 Å². The van der Waals surface area contributed by atoms with Gasteiger partial charge in [-0.05, 0) is 12.8 Å². The highest BCUT2D eigenvalue weighted by molar-refractivity contribution is 5.71. The Labute approximate surface area is 47.5 Å². The maximum absolute atomic E-state index is 10.1. The molecule has 8 heavy (non-hydrogen) atoms. The van der Waals surface area contributed by atoms with Crippen molar-refractivity contribution in [1.29, 1.82) is 0 Å². The quantitative estimate of drug-likeness (QED) is 0.497. The first-order chi connectivity index (χ1) is 3.72. The molecule has 1 fully saturated rings. The van der Waals surface area contributed by atoms with E-state index >= 15 is 0 Å². The molecule has 2 atom stereocenters. The largest absolute Gasteiger partial charge is 0.481 e. The Morgan fingerprint density at radius 3 is 2.25 bits per heavy atom. The average Bonchev–Trinajstić information content (AvgIpc) is 1.61. The number of hydrogen-bond donors (Lipinski definition) is 2. The second kappa shape index (κ2) is 1.74. The Kier molecular flexibility index (Phi) is 1.21. The average molecular weight is 115 g/mol. The molecular weight excluding hydrogens is 106 g/mol. The maximum atomic E-state index is 10.1. The van der Waals surface area contributed by atoms with Crippen molar-refractivity contribution in [2.24, 2.45) is 11.7 Å². The van der Waals surface area contributed by atoms with Gasteiger partial charge in [-0.1, -0.05) is 0 Å². The van der Waals surface area contributed by atoms with Gasteiger partial charge in [-0.3, -0.25) is 4.79 Å². The first kappa shape index (κ1) is 5.56. The highest BCUT2D eigenvalue weighted by atomic mass is 16.4. The van der Waals surface area contributed by atoms with Crippen LogP contribution in [0.2, 0.25) is 0 Å². The topological polar surface area (TPSA) is 63.3 Å². The molecule has 3 heteroatoms. The van der Waals surface area contributed by atoms with Gasteiger partial charge < -0.3 is 10.8 Å². The summed E-state index contributed by atoms with van der Waals surface area (Å²) in [6.45, 7) is 0. The molecule has 1 aliphatic rings.